The standard InChI is InChI=1S/C27H24O7/c28-22-16-21(17-32-25(29)18-10-4-1-5-11-18)23(33-26(30)19-12-6-2-7-13-19)24(22)34-27(31)20-14-8-3-9-15-20/h1-15,21-24,28H,16-17H2/t21-,22-,23+,24?/m1/s1. The third kappa shape index (κ3) is 5.50. The first-order valence-corrected chi connectivity index (χ1v) is 10.9. The molecule has 0 bridgehead atoms. The first kappa shape index (κ1) is 23.2. The number of aliphatic hydroxyl groups is 1. The smallest absolute Gasteiger partial charge is 0.338 e. The van der Waals surface area contributed by atoms with Gasteiger partial charge in [-0.1, -0.05) is 54.6 Å². The molecule has 4 rings (SSSR count). The largest absolute Gasteiger partial charge is 0.462 e. The number of carbonyl (C=O) groups excluding carboxylic acids is 3. The molecule has 7 nitrogen and oxygen atoms in total. The van der Waals surface area contributed by atoms with Crippen molar-refractivity contribution < 1.29 is 33.7 Å². The molecule has 1 saturated carbocycles. The average Bonchev–Trinajstić information content (AvgIpc) is 3.17. The van der Waals surface area contributed by atoms with Gasteiger partial charge < -0.3 is 19.3 Å². The van der Waals surface area contributed by atoms with E-state index in [9.17, 15) is 19.5 Å². The molecule has 3 aromatic rings. The molecular weight excluding hydrogens is 436 g/mol. The molecule has 0 spiro atoms. The van der Waals surface area contributed by atoms with Crippen LogP contribution in [0.25, 0.3) is 0 Å². The van der Waals surface area contributed by atoms with Crippen molar-refractivity contribution in [3.8, 4) is 0 Å². The highest BCUT2D eigenvalue weighted by Gasteiger charge is 2.48. The number of rotatable bonds is 7. The molecule has 174 valence electrons. The zero-order valence-corrected chi connectivity index (χ0v) is 18.3. The molecule has 0 aromatic heterocycles. The molecule has 0 amide bonds. The molecule has 1 unspecified atom stereocenters. The van der Waals surface area contributed by atoms with Gasteiger partial charge in [0.15, 0.2) is 6.10 Å². The van der Waals surface area contributed by atoms with Gasteiger partial charge in [-0.25, -0.2) is 14.4 Å². The number of esters is 3. The first-order valence-electron chi connectivity index (χ1n) is 10.9. The fourth-order valence-electron chi connectivity index (χ4n) is 3.91. The van der Waals surface area contributed by atoms with Crippen molar-refractivity contribution in [3.63, 3.8) is 0 Å². The maximum Gasteiger partial charge on any atom is 0.338 e. The molecule has 0 saturated heterocycles. The maximum atomic E-state index is 12.8. The van der Waals surface area contributed by atoms with E-state index in [0.717, 1.165) is 0 Å². The van der Waals surface area contributed by atoms with Crippen molar-refractivity contribution in [2.75, 3.05) is 6.61 Å². The minimum Gasteiger partial charge on any atom is -0.462 e. The zero-order valence-electron chi connectivity index (χ0n) is 18.3. The summed E-state index contributed by atoms with van der Waals surface area (Å²) in [5, 5.41) is 10.7. The highest BCUT2D eigenvalue weighted by molar-refractivity contribution is 5.90. The van der Waals surface area contributed by atoms with Crippen LogP contribution in [0.5, 0.6) is 0 Å². The van der Waals surface area contributed by atoms with Crippen molar-refractivity contribution >= 4 is 17.9 Å². The second-order valence-corrected chi connectivity index (χ2v) is 8.00. The Morgan fingerprint density at radius 2 is 1.06 bits per heavy atom. The Morgan fingerprint density at radius 3 is 1.53 bits per heavy atom. The van der Waals surface area contributed by atoms with Crippen LogP contribution >= 0.6 is 0 Å². The number of aliphatic hydroxyl groups excluding tert-OH is 1. The molecule has 3 aromatic carbocycles. The quantitative estimate of drug-likeness (QED) is 0.424. The molecule has 1 fully saturated rings. The number of benzene rings is 3. The summed E-state index contributed by atoms with van der Waals surface area (Å²) >= 11 is 0. The fraction of sp³-hybridized carbons (Fsp3) is 0.222. The fourth-order valence-corrected chi connectivity index (χ4v) is 3.91. The van der Waals surface area contributed by atoms with Gasteiger partial charge in [0.05, 0.1) is 29.4 Å². The van der Waals surface area contributed by atoms with Crippen molar-refractivity contribution in [2.45, 2.75) is 24.7 Å². The molecule has 0 aliphatic heterocycles. The molecule has 7 heteroatoms. The third-order valence-corrected chi connectivity index (χ3v) is 5.66. The predicted octanol–water partition coefficient (Wildman–Crippen LogP) is 3.68. The number of hydrogen-bond donors (Lipinski definition) is 1. The molecule has 34 heavy (non-hydrogen) atoms. The summed E-state index contributed by atoms with van der Waals surface area (Å²) in [5.41, 5.74) is 1.00. The average molecular weight is 460 g/mol. The molecular formula is C27H24O7. The van der Waals surface area contributed by atoms with Crippen LogP contribution in [0, 0.1) is 5.92 Å². The summed E-state index contributed by atoms with van der Waals surface area (Å²) in [5.74, 6) is -2.37. The van der Waals surface area contributed by atoms with Gasteiger partial charge in [-0.15, -0.1) is 0 Å². The van der Waals surface area contributed by atoms with Gasteiger partial charge in [0.25, 0.3) is 0 Å². The van der Waals surface area contributed by atoms with Gasteiger partial charge in [0, 0.05) is 5.92 Å². The Balaban J connectivity index is 1.51. The Morgan fingerprint density at radius 1 is 0.647 bits per heavy atom. The lowest BCUT2D eigenvalue weighted by atomic mass is 10.1. The summed E-state index contributed by atoms with van der Waals surface area (Å²) in [6.07, 6.45) is -3.08. The maximum absolute atomic E-state index is 12.8. The Hall–Kier alpha value is -3.97. The molecule has 1 aliphatic carbocycles. The SMILES string of the molecule is O=C(OC[C@H]1C[C@@H](O)C(OC(=O)c2ccccc2)[C@H]1OC(=O)c1ccccc1)c1ccccc1. The van der Waals surface area contributed by atoms with Gasteiger partial charge in [-0.2, -0.15) is 0 Å². The van der Waals surface area contributed by atoms with Crippen LogP contribution in [-0.2, 0) is 14.2 Å². The van der Waals surface area contributed by atoms with E-state index in [-0.39, 0.29) is 13.0 Å². The van der Waals surface area contributed by atoms with E-state index in [1.54, 1.807) is 91.0 Å². The van der Waals surface area contributed by atoms with Gasteiger partial charge in [0.1, 0.15) is 6.10 Å². The monoisotopic (exact) mass is 460 g/mol. The summed E-state index contributed by atoms with van der Waals surface area (Å²) in [6, 6.07) is 25.2. The highest BCUT2D eigenvalue weighted by atomic mass is 16.6. The first-order chi connectivity index (χ1) is 16.5. The molecule has 1 aliphatic rings. The summed E-state index contributed by atoms with van der Waals surface area (Å²) < 4.78 is 16.7. The topological polar surface area (TPSA) is 99.1 Å². The van der Waals surface area contributed by atoms with E-state index < -0.39 is 42.1 Å². The molecule has 4 atom stereocenters. The van der Waals surface area contributed by atoms with E-state index in [1.165, 1.54) is 0 Å². The van der Waals surface area contributed by atoms with Gasteiger partial charge in [-0.05, 0) is 42.8 Å². The van der Waals surface area contributed by atoms with Crippen molar-refractivity contribution in [1.82, 2.24) is 0 Å². The van der Waals surface area contributed by atoms with E-state index in [0.29, 0.717) is 16.7 Å². The minimum atomic E-state index is -1.11. The van der Waals surface area contributed by atoms with Gasteiger partial charge >= 0.3 is 17.9 Å². The van der Waals surface area contributed by atoms with E-state index in [2.05, 4.69) is 0 Å². The van der Waals surface area contributed by atoms with Crippen LogP contribution in [0.1, 0.15) is 37.5 Å². The van der Waals surface area contributed by atoms with Crippen LogP contribution in [0.2, 0.25) is 0 Å². The Bertz CT molecular complexity index is 1120. The van der Waals surface area contributed by atoms with Gasteiger partial charge in [0.2, 0.25) is 0 Å². The zero-order chi connectivity index (χ0) is 23.9. The summed E-state index contributed by atoms with van der Waals surface area (Å²) in [4.78, 5) is 37.8. The Kier molecular flexibility index (Phi) is 7.34. The number of carbonyl (C=O) groups is 3. The molecule has 1 N–H and O–H groups in total. The third-order valence-electron chi connectivity index (χ3n) is 5.66. The van der Waals surface area contributed by atoms with Crippen LogP contribution in [-0.4, -0.2) is 47.9 Å². The normalized spacial score (nSPS) is 21.4. The lowest BCUT2D eigenvalue weighted by Crippen LogP contribution is -2.40. The number of ether oxygens (including phenoxy) is 3. The van der Waals surface area contributed by atoms with E-state index in [4.69, 9.17) is 14.2 Å². The van der Waals surface area contributed by atoms with Crippen LogP contribution in [0.4, 0.5) is 0 Å². The van der Waals surface area contributed by atoms with Crippen molar-refractivity contribution in [2.24, 2.45) is 5.92 Å². The number of hydrogen-bond acceptors (Lipinski definition) is 7. The van der Waals surface area contributed by atoms with Crippen molar-refractivity contribution in [3.05, 3.63) is 108 Å². The van der Waals surface area contributed by atoms with E-state index in [1.807, 2.05) is 0 Å². The van der Waals surface area contributed by atoms with Crippen LogP contribution in [0.15, 0.2) is 91.0 Å². The lowest BCUT2D eigenvalue weighted by molar-refractivity contribution is -0.0636. The van der Waals surface area contributed by atoms with Crippen LogP contribution < -0.4 is 0 Å². The molecule has 0 heterocycles. The Labute approximate surface area is 196 Å². The minimum absolute atomic E-state index is 0.114. The van der Waals surface area contributed by atoms with Gasteiger partial charge in [-0.3, -0.25) is 0 Å². The predicted molar refractivity (Wildman–Crippen MR) is 122 cm³/mol. The van der Waals surface area contributed by atoms with Crippen LogP contribution in [0.3, 0.4) is 0 Å². The summed E-state index contributed by atoms with van der Waals surface area (Å²) in [7, 11) is 0. The highest BCUT2D eigenvalue weighted by Crippen LogP contribution is 2.33. The van der Waals surface area contributed by atoms with Crippen molar-refractivity contribution in [1.29, 1.82) is 0 Å². The molecule has 0 radical (unpaired) electrons. The summed E-state index contributed by atoms with van der Waals surface area (Å²) in [6.45, 7) is -0.114. The van der Waals surface area contributed by atoms with E-state index >= 15 is 0 Å². The second kappa shape index (κ2) is 10.8. The lowest BCUT2D eigenvalue weighted by Gasteiger charge is -2.25. The second-order valence-electron chi connectivity index (χ2n) is 8.00.